The van der Waals surface area contributed by atoms with Crippen LogP contribution in [0.25, 0.3) is 0 Å². The Kier molecular flexibility index (Phi) is 3.49. The fraction of sp³-hybridized carbons (Fsp3) is 0.500. The Morgan fingerprint density at radius 3 is 2.53 bits per heavy atom. The van der Waals surface area contributed by atoms with Crippen molar-refractivity contribution in [3.8, 4) is 0 Å². The van der Waals surface area contributed by atoms with Crippen LogP contribution in [0.5, 0.6) is 0 Å². The fourth-order valence-corrected chi connectivity index (χ4v) is 2.01. The van der Waals surface area contributed by atoms with Crippen LogP contribution in [-0.2, 0) is 6.18 Å². The van der Waals surface area contributed by atoms with Gasteiger partial charge in [0.15, 0.2) is 0 Å². The quantitative estimate of drug-likeness (QED) is 0.844. The molecular weight excluding hydrogens is 259 g/mol. The molecule has 1 saturated heterocycles. The van der Waals surface area contributed by atoms with E-state index in [1.54, 1.807) is 0 Å². The molecular formula is C12H14F3N3O. The molecule has 4 nitrogen and oxygen atoms in total. The SMILES string of the molecule is CC1CN(C(=O)c2ccc(C(F)(F)F)cn2)CC1N. The van der Waals surface area contributed by atoms with E-state index in [0.29, 0.717) is 19.3 Å². The van der Waals surface area contributed by atoms with Crippen LogP contribution in [0.1, 0.15) is 23.0 Å². The summed E-state index contributed by atoms with van der Waals surface area (Å²) in [5.41, 5.74) is 4.95. The Morgan fingerprint density at radius 2 is 2.11 bits per heavy atom. The summed E-state index contributed by atoms with van der Waals surface area (Å²) in [5, 5.41) is 0. The second-order valence-corrected chi connectivity index (χ2v) is 4.78. The largest absolute Gasteiger partial charge is 0.417 e. The van der Waals surface area contributed by atoms with E-state index < -0.39 is 11.7 Å². The third-order valence-electron chi connectivity index (χ3n) is 3.27. The van der Waals surface area contributed by atoms with E-state index in [1.165, 1.54) is 4.90 Å². The Balaban J connectivity index is 2.13. The molecule has 2 N–H and O–H groups in total. The molecule has 1 amide bonds. The topological polar surface area (TPSA) is 59.2 Å². The molecule has 2 heterocycles. The van der Waals surface area contributed by atoms with Gasteiger partial charge in [0.25, 0.3) is 5.91 Å². The molecule has 0 bridgehead atoms. The van der Waals surface area contributed by atoms with Crippen LogP contribution in [-0.4, -0.2) is 34.9 Å². The minimum absolute atomic E-state index is 0.00861. The number of rotatable bonds is 1. The maximum absolute atomic E-state index is 12.4. The van der Waals surface area contributed by atoms with Crippen molar-refractivity contribution in [2.24, 2.45) is 11.7 Å². The first-order valence-electron chi connectivity index (χ1n) is 5.87. The van der Waals surface area contributed by atoms with Crippen LogP contribution >= 0.6 is 0 Å². The van der Waals surface area contributed by atoms with Gasteiger partial charge < -0.3 is 10.6 Å². The van der Waals surface area contributed by atoms with Gasteiger partial charge in [-0.3, -0.25) is 9.78 Å². The summed E-state index contributed by atoms with van der Waals surface area (Å²) in [6.07, 6.45) is -3.77. The van der Waals surface area contributed by atoms with Gasteiger partial charge in [-0.05, 0) is 18.1 Å². The van der Waals surface area contributed by atoms with Gasteiger partial charge in [0.1, 0.15) is 5.69 Å². The molecule has 0 saturated carbocycles. The highest BCUT2D eigenvalue weighted by molar-refractivity contribution is 5.92. The molecule has 2 unspecified atom stereocenters. The lowest BCUT2D eigenvalue weighted by atomic mass is 10.1. The average Bonchev–Trinajstić information content (AvgIpc) is 2.68. The van der Waals surface area contributed by atoms with E-state index in [-0.39, 0.29) is 23.6 Å². The van der Waals surface area contributed by atoms with Gasteiger partial charge in [0, 0.05) is 25.3 Å². The number of halogens is 3. The molecule has 1 aromatic rings. The molecule has 0 spiro atoms. The third-order valence-corrected chi connectivity index (χ3v) is 3.27. The van der Waals surface area contributed by atoms with E-state index in [2.05, 4.69) is 4.98 Å². The van der Waals surface area contributed by atoms with Gasteiger partial charge >= 0.3 is 6.18 Å². The number of hydrogen-bond donors (Lipinski definition) is 1. The molecule has 2 rings (SSSR count). The zero-order chi connectivity index (χ0) is 14.2. The number of hydrogen-bond acceptors (Lipinski definition) is 3. The molecule has 1 aliphatic heterocycles. The summed E-state index contributed by atoms with van der Waals surface area (Å²) in [6.45, 7) is 2.84. The minimum atomic E-state index is -4.45. The fourth-order valence-electron chi connectivity index (χ4n) is 2.01. The molecule has 19 heavy (non-hydrogen) atoms. The molecule has 0 aliphatic carbocycles. The van der Waals surface area contributed by atoms with Gasteiger partial charge in [-0.2, -0.15) is 13.2 Å². The summed E-state index contributed by atoms with van der Waals surface area (Å²) in [6, 6.07) is 1.86. The van der Waals surface area contributed by atoms with Crippen LogP contribution in [0, 0.1) is 5.92 Å². The van der Waals surface area contributed by atoms with Crippen LogP contribution in [0.4, 0.5) is 13.2 Å². The second kappa shape index (κ2) is 4.80. The minimum Gasteiger partial charge on any atom is -0.335 e. The first kappa shape index (κ1) is 13.8. The lowest BCUT2D eigenvalue weighted by Gasteiger charge is -2.15. The van der Waals surface area contributed by atoms with Crippen LogP contribution < -0.4 is 5.73 Å². The number of carbonyl (C=O) groups excluding carboxylic acids is 1. The van der Waals surface area contributed by atoms with Crippen molar-refractivity contribution < 1.29 is 18.0 Å². The predicted octanol–water partition coefficient (Wildman–Crippen LogP) is 1.52. The number of carbonyl (C=O) groups is 1. The predicted molar refractivity (Wildman–Crippen MR) is 62.3 cm³/mol. The smallest absolute Gasteiger partial charge is 0.335 e. The van der Waals surface area contributed by atoms with Gasteiger partial charge in [-0.25, -0.2) is 0 Å². The Hall–Kier alpha value is -1.63. The number of nitrogens with two attached hydrogens (primary N) is 1. The van der Waals surface area contributed by atoms with Crippen molar-refractivity contribution in [1.29, 1.82) is 0 Å². The van der Waals surface area contributed by atoms with E-state index >= 15 is 0 Å². The van der Waals surface area contributed by atoms with Crippen molar-refractivity contribution in [2.45, 2.75) is 19.1 Å². The maximum Gasteiger partial charge on any atom is 0.417 e. The van der Waals surface area contributed by atoms with Gasteiger partial charge in [0.2, 0.25) is 0 Å². The number of nitrogens with zero attached hydrogens (tertiary/aromatic N) is 2. The molecule has 0 aromatic carbocycles. The Labute approximate surface area is 108 Å². The van der Waals surface area contributed by atoms with Crippen LogP contribution in [0.3, 0.4) is 0 Å². The zero-order valence-corrected chi connectivity index (χ0v) is 10.3. The van der Waals surface area contributed by atoms with E-state index in [1.807, 2.05) is 6.92 Å². The normalized spacial score (nSPS) is 23.7. The number of pyridine rings is 1. The van der Waals surface area contributed by atoms with Crippen LogP contribution in [0.2, 0.25) is 0 Å². The molecule has 1 aromatic heterocycles. The standard InChI is InChI=1S/C12H14F3N3O/c1-7-5-18(6-9(7)16)11(19)10-3-2-8(4-17-10)12(13,14)15/h2-4,7,9H,5-6,16H2,1H3. The third kappa shape index (κ3) is 2.86. The van der Waals surface area contributed by atoms with Crippen molar-refractivity contribution in [2.75, 3.05) is 13.1 Å². The highest BCUT2D eigenvalue weighted by Gasteiger charge is 2.33. The van der Waals surface area contributed by atoms with E-state index in [4.69, 9.17) is 5.73 Å². The van der Waals surface area contributed by atoms with E-state index in [0.717, 1.165) is 12.1 Å². The number of aromatic nitrogens is 1. The maximum atomic E-state index is 12.4. The number of alkyl halides is 3. The Bertz CT molecular complexity index is 462. The summed E-state index contributed by atoms with van der Waals surface area (Å²) < 4.78 is 37.1. The van der Waals surface area contributed by atoms with Crippen molar-refractivity contribution >= 4 is 5.91 Å². The molecule has 1 fully saturated rings. The molecule has 1 aliphatic rings. The molecule has 104 valence electrons. The number of likely N-dealkylation sites (tertiary alicyclic amines) is 1. The summed E-state index contributed by atoms with van der Waals surface area (Å²) in [5.74, 6) is -0.202. The van der Waals surface area contributed by atoms with Gasteiger partial charge in [-0.1, -0.05) is 6.92 Å². The van der Waals surface area contributed by atoms with Crippen molar-refractivity contribution in [1.82, 2.24) is 9.88 Å². The molecule has 2 atom stereocenters. The van der Waals surface area contributed by atoms with Crippen molar-refractivity contribution in [3.05, 3.63) is 29.6 Å². The van der Waals surface area contributed by atoms with E-state index in [9.17, 15) is 18.0 Å². The Morgan fingerprint density at radius 1 is 1.42 bits per heavy atom. The first-order valence-corrected chi connectivity index (χ1v) is 5.87. The summed E-state index contributed by atoms with van der Waals surface area (Å²) in [7, 11) is 0. The number of amides is 1. The average molecular weight is 273 g/mol. The van der Waals surface area contributed by atoms with Crippen LogP contribution in [0.15, 0.2) is 18.3 Å². The first-order chi connectivity index (χ1) is 8.79. The summed E-state index contributed by atoms with van der Waals surface area (Å²) >= 11 is 0. The van der Waals surface area contributed by atoms with Gasteiger partial charge in [-0.15, -0.1) is 0 Å². The van der Waals surface area contributed by atoms with Crippen molar-refractivity contribution in [3.63, 3.8) is 0 Å². The highest BCUT2D eigenvalue weighted by atomic mass is 19.4. The molecule has 0 radical (unpaired) electrons. The highest BCUT2D eigenvalue weighted by Crippen LogP contribution is 2.28. The molecule has 7 heteroatoms. The monoisotopic (exact) mass is 273 g/mol. The summed E-state index contributed by atoms with van der Waals surface area (Å²) in [4.78, 5) is 17.1. The van der Waals surface area contributed by atoms with Gasteiger partial charge in [0.05, 0.1) is 5.56 Å². The lowest BCUT2D eigenvalue weighted by Crippen LogP contribution is -2.32. The zero-order valence-electron chi connectivity index (χ0n) is 10.3. The lowest BCUT2D eigenvalue weighted by molar-refractivity contribution is -0.137. The second-order valence-electron chi connectivity index (χ2n) is 4.78.